The summed E-state index contributed by atoms with van der Waals surface area (Å²) >= 11 is 3.63. The zero-order valence-electron chi connectivity index (χ0n) is 33.4. The van der Waals surface area contributed by atoms with Crippen molar-refractivity contribution in [2.24, 2.45) is 0 Å². The van der Waals surface area contributed by atoms with Crippen LogP contribution in [0.2, 0.25) is 0 Å². The molecule has 0 unspecified atom stereocenters. The van der Waals surface area contributed by atoms with Crippen LogP contribution in [-0.4, -0.2) is 15.0 Å². The van der Waals surface area contributed by atoms with Gasteiger partial charge in [-0.25, -0.2) is 15.0 Å². The molecule has 62 heavy (non-hydrogen) atoms. The van der Waals surface area contributed by atoms with Crippen molar-refractivity contribution < 1.29 is 0 Å². The molecule has 290 valence electrons. The summed E-state index contributed by atoms with van der Waals surface area (Å²) in [6.07, 6.45) is 0. The van der Waals surface area contributed by atoms with Crippen molar-refractivity contribution in [1.29, 1.82) is 0 Å². The van der Waals surface area contributed by atoms with Crippen LogP contribution in [0.3, 0.4) is 0 Å². The van der Waals surface area contributed by atoms with Gasteiger partial charge in [0.25, 0.3) is 0 Å². The van der Waals surface area contributed by atoms with E-state index in [0.29, 0.717) is 17.5 Å². The SMILES string of the molecule is c1ccc(-c2nc(-c3ccc4c(c3)sc3cc(-c5ccccc5)c(-c5ccccc5)cc34)nc(-c3ccc4c(c3)sc3cc(-c5ccccc5)c(-c5ccccc5)cc34)n2)cc1. The molecular weight excluding hydrogens is 791 g/mol. The number of nitrogens with zero attached hydrogens (tertiary/aromatic N) is 3. The lowest BCUT2D eigenvalue weighted by Crippen LogP contribution is -2.00. The standard InChI is InChI=1S/C57H35N3S2/c1-6-16-36(17-7-1)45-32-49-43-28-26-41(30-51(43)61-53(49)34-47(45)38-20-10-3-11-21-38)56-58-55(40-24-14-5-15-25-40)59-57(60-56)42-27-29-44-50-33-46(37-18-8-2-9-19-37)48(39-22-12-4-13-23-39)35-54(50)62-52(44)31-42/h1-35H. The third-order valence-corrected chi connectivity index (χ3v) is 14.0. The van der Waals surface area contributed by atoms with Crippen LogP contribution in [0.4, 0.5) is 0 Å². The van der Waals surface area contributed by atoms with E-state index in [1.165, 1.54) is 84.9 Å². The Hall–Kier alpha value is -7.57. The fraction of sp³-hybridized carbons (Fsp3) is 0. The van der Waals surface area contributed by atoms with E-state index in [9.17, 15) is 0 Å². The van der Waals surface area contributed by atoms with Crippen molar-refractivity contribution in [2.75, 3.05) is 0 Å². The topological polar surface area (TPSA) is 38.7 Å². The lowest BCUT2D eigenvalue weighted by molar-refractivity contribution is 1.08. The molecule has 0 saturated heterocycles. The lowest BCUT2D eigenvalue weighted by Gasteiger charge is -2.11. The van der Waals surface area contributed by atoms with Crippen molar-refractivity contribution in [1.82, 2.24) is 15.0 Å². The molecule has 0 radical (unpaired) electrons. The monoisotopic (exact) mass is 825 g/mol. The number of rotatable bonds is 7. The molecular formula is C57H35N3S2. The highest BCUT2D eigenvalue weighted by Gasteiger charge is 2.19. The van der Waals surface area contributed by atoms with Gasteiger partial charge < -0.3 is 0 Å². The van der Waals surface area contributed by atoms with Crippen LogP contribution in [-0.2, 0) is 0 Å². The Morgan fingerprint density at radius 2 is 0.516 bits per heavy atom. The maximum Gasteiger partial charge on any atom is 0.164 e. The molecule has 9 aromatic carbocycles. The Morgan fingerprint density at radius 1 is 0.226 bits per heavy atom. The molecule has 0 atom stereocenters. The average Bonchev–Trinajstić information content (AvgIpc) is 3.90. The highest BCUT2D eigenvalue weighted by Crippen LogP contribution is 2.45. The van der Waals surface area contributed by atoms with E-state index >= 15 is 0 Å². The van der Waals surface area contributed by atoms with Gasteiger partial charge in [0.2, 0.25) is 0 Å². The van der Waals surface area contributed by atoms with Gasteiger partial charge in [-0.05, 0) is 80.9 Å². The number of hydrogen-bond acceptors (Lipinski definition) is 5. The molecule has 5 heteroatoms. The molecule has 0 N–H and O–H groups in total. The maximum atomic E-state index is 5.22. The van der Waals surface area contributed by atoms with Crippen LogP contribution < -0.4 is 0 Å². The molecule has 3 aromatic heterocycles. The Kier molecular flexibility index (Phi) is 8.87. The van der Waals surface area contributed by atoms with E-state index < -0.39 is 0 Å². The minimum absolute atomic E-state index is 0.651. The zero-order valence-corrected chi connectivity index (χ0v) is 35.0. The molecule has 0 spiro atoms. The Bertz CT molecular complexity index is 3380. The second-order valence-corrected chi connectivity index (χ2v) is 17.7. The smallest absolute Gasteiger partial charge is 0.164 e. The van der Waals surface area contributed by atoms with Gasteiger partial charge in [-0.1, -0.05) is 176 Å². The predicted molar refractivity (Wildman–Crippen MR) is 264 cm³/mol. The minimum atomic E-state index is 0.651. The number of thiophene rings is 2. The van der Waals surface area contributed by atoms with Crippen LogP contribution in [0.5, 0.6) is 0 Å². The highest BCUT2D eigenvalue weighted by atomic mass is 32.1. The fourth-order valence-electron chi connectivity index (χ4n) is 8.70. The first-order valence-corrected chi connectivity index (χ1v) is 22.4. The van der Waals surface area contributed by atoms with Crippen molar-refractivity contribution in [3.05, 3.63) is 212 Å². The van der Waals surface area contributed by atoms with Crippen molar-refractivity contribution in [2.45, 2.75) is 0 Å². The summed E-state index contributed by atoms with van der Waals surface area (Å²) in [5.41, 5.74) is 12.6. The highest BCUT2D eigenvalue weighted by molar-refractivity contribution is 7.26. The van der Waals surface area contributed by atoms with Crippen molar-refractivity contribution >= 4 is 63.0 Å². The number of fused-ring (bicyclic) bond motifs is 6. The van der Waals surface area contributed by atoms with Gasteiger partial charge in [-0.3, -0.25) is 0 Å². The Balaban J connectivity index is 0.993. The third kappa shape index (κ3) is 6.47. The molecule has 0 aliphatic carbocycles. The molecule has 3 heterocycles. The Labute approximate surface area is 366 Å². The van der Waals surface area contributed by atoms with Gasteiger partial charge in [-0.2, -0.15) is 0 Å². The molecule has 3 nitrogen and oxygen atoms in total. The summed E-state index contributed by atoms with van der Waals surface area (Å²) in [7, 11) is 0. The fourth-order valence-corrected chi connectivity index (χ4v) is 11.0. The Morgan fingerprint density at radius 3 is 0.871 bits per heavy atom. The van der Waals surface area contributed by atoms with Crippen molar-refractivity contribution in [3.63, 3.8) is 0 Å². The molecule has 12 aromatic rings. The summed E-state index contributed by atoms with van der Waals surface area (Å²) in [6, 6.07) is 75.8. The predicted octanol–water partition coefficient (Wildman–Crippen LogP) is 16.3. The van der Waals surface area contributed by atoms with E-state index in [-0.39, 0.29) is 0 Å². The zero-order chi connectivity index (χ0) is 41.0. The normalized spacial score (nSPS) is 11.5. The van der Waals surface area contributed by atoms with Gasteiger partial charge in [-0.15, -0.1) is 22.7 Å². The van der Waals surface area contributed by atoms with E-state index in [2.05, 4.69) is 194 Å². The van der Waals surface area contributed by atoms with Gasteiger partial charge in [0.05, 0.1) is 0 Å². The van der Waals surface area contributed by atoms with Gasteiger partial charge >= 0.3 is 0 Å². The van der Waals surface area contributed by atoms with E-state index in [1.807, 2.05) is 40.9 Å². The minimum Gasteiger partial charge on any atom is -0.208 e. The quantitative estimate of drug-likeness (QED) is 0.161. The lowest BCUT2D eigenvalue weighted by atomic mass is 9.93. The molecule has 0 aliphatic rings. The number of aromatic nitrogens is 3. The first-order valence-electron chi connectivity index (χ1n) is 20.7. The summed E-state index contributed by atoms with van der Waals surface area (Å²) in [4.78, 5) is 15.5. The number of benzene rings is 9. The van der Waals surface area contributed by atoms with Crippen LogP contribution in [0, 0.1) is 0 Å². The first kappa shape index (κ1) is 36.3. The molecule has 0 aliphatic heterocycles. The third-order valence-electron chi connectivity index (χ3n) is 11.7. The summed E-state index contributed by atoms with van der Waals surface area (Å²) in [5, 5.41) is 4.95. The van der Waals surface area contributed by atoms with Crippen LogP contribution >= 0.6 is 22.7 Å². The van der Waals surface area contributed by atoms with Crippen molar-refractivity contribution in [3.8, 4) is 78.7 Å². The molecule has 0 fully saturated rings. The van der Waals surface area contributed by atoms with Gasteiger partial charge in [0.15, 0.2) is 17.5 Å². The molecule has 0 amide bonds. The van der Waals surface area contributed by atoms with E-state index in [1.54, 1.807) is 0 Å². The average molecular weight is 826 g/mol. The second-order valence-electron chi connectivity index (χ2n) is 15.6. The molecule has 0 saturated carbocycles. The maximum absolute atomic E-state index is 5.22. The summed E-state index contributed by atoms with van der Waals surface area (Å²) < 4.78 is 4.89. The van der Waals surface area contributed by atoms with Crippen LogP contribution in [0.15, 0.2) is 212 Å². The van der Waals surface area contributed by atoms with Crippen LogP contribution in [0.1, 0.15) is 0 Å². The first-order chi connectivity index (χ1) is 30.7. The van der Waals surface area contributed by atoms with Gasteiger partial charge in [0, 0.05) is 57.0 Å². The second kappa shape index (κ2) is 15.2. The van der Waals surface area contributed by atoms with Gasteiger partial charge in [0.1, 0.15) is 0 Å². The van der Waals surface area contributed by atoms with E-state index in [4.69, 9.17) is 15.0 Å². The summed E-state index contributed by atoms with van der Waals surface area (Å²) in [5.74, 6) is 1.96. The van der Waals surface area contributed by atoms with Crippen LogP contribution in [0.25, 0.3) is 119 Å². The molecule has 0 bridgehead atoms. The van der Waals surface area contributed by atoms with E-state index in [0.717, 1.165) is 16.7 Å². The molecule has 12 rings (SSSR count). The largest absolute Gasteiger partial charge is 0.208 e. The number of hydrogen-bond donors (Lipinski definition) is 0. The summed E-state index contributed by atoms with van der Waals surface area (Å²) in [6.45, 7) is 0.